The fraction of sp³-hybridized carbons (Fsp3) is 0.200. The van der Waals surface area contributed by atoms with Crippen LogP contribution in [-0.4, -0.2) is 0 Å². The number of hydrazine groups is 1. The molecule has 0 radical (unpaired) electrons. The van der Waals surface area contributed by atoms with E-state index in [0.29, 0.717) is 17.7 Å². The second-order valence-corrected chi connectivity index (χ2v) is 3.23. The van der Waals surface area contributed by atoms with Crippen LogP contribution < -0.4 is 11.3 Å². The first-order valence-electron chi connectivity index (χ1n) is 4.23. The Hall–Kier alpha value is -1.33. The van der Waals surface area contributed by atoms with Crippen molar-refractivity contribution < 1.29 is 13.2 Å². The molecule has 1 unspecified atom stereocenters. The highest BCUT2D eigenvalue weighted by molar-refractivity contribution is 5.29. The first-order chi connectivity index (χ1) is 6.97. The van der Waals surface area contributed by atoms with Crippen LogP contribution in [0, 0.1) is 17.5 Å². The van der Waals surface area contributed by atoms with Crippen LogP contribution in [0.4, 0.5) is 13.2 Å². The Kier molecular flexibility index (Phi) is 3.49. The summed E-state index contributed by atoms with van der Waals surface area (Å²) < 4.78 is 39.2. The minimum atomic E-state index is -0.988. The van der Waals surface area contributed by atoms with Gasteiger partial charge in [-0.1, -0.05) is 12.2 Å². The van der Waals surface area contributed by atoms with Crippen LogP contribution in [0.15, 0.2) is 24.3 Å². The molecule has 5 heteroatoms. The molecule has 2 nitrogen and oxygen atoms in total. The van der Waals surface area contributed by atoms with Gasteiger partial charge in [0.05, 0.1) is 6.04 Å². The SMILES string of the molecule is C=C(C)C(NN)c1c(F)cc(F)cc1F. The van der Waals surface area contributed by atoms with E-state index in [0.717, 1.165) is 0 Å². The summed E-state index contributed by atoms with van der Waals surface area (Å²) in [7, 11) is 0. The molecule has 82 valence electrons. The highest BCUT2D eigenvalue weighted by atomic mass is 19.1. The molecule has 1 rings (SSSR count). The van der Waals surface area contributed by atoms with Crippen LogP contribution in [0.1, 0.15) is 18.5 Å². The third kappa shape index (κ3) is 2.37. The lowest BCUT2D eigenvalue weighted by Crippen LogP contribution is -2.30. The third-order valence-corrected chi connectivity index (χ3v) is 1.99. The van der Waals surface area contributed by atoms with Gasteiger partial charge in [-0.05, 0) is 6.92 Å². The molecule has 1 atom stereocenters. The zero-order valence-corrected chi connectivity index (χ0v) is 8.15. The Morgan fingerprint density at radius 3 is 2.13 bits per heavy atom. The van der Waals surface area contributed by atoms with E-state index in [-0.39, 0.29) is 5.56 Å². The van der Waals surface area contributed by atoms with Crippen LogP contribution in [-0.2, 0) is 0 Å². The summed E-state index contributed by atoms with van der Waals surface area (Å²) in [5.74, 6) is 2.20. The van der Waals surface area contributed by atoms with Crippen molar-refractivity contribution in [1.82, 2.24) is 5.43 Å². The summed E-state index contributed by atoms with van der Waals surface area (Å²) in [6.07, 6.45) is 0. The molecule has 15 heavy (non-hydrogen) atoms. The second kappa shape index (κ2) is 4.46. The van der Waals surface area contributed by atoms with Crippen molar-refractivity contribution >= 4 is 0 Å². The predicted octanol–water partition coefficient (Wildman–Crippen LogP) is 2.18. The minimum Gasteiger partial charge on any atom is -0.271 e. The highest BCUT2D eigenvalue weighted by Crippen LogP contribution is 2.25. The molecule has 0 aliphatic heterocycles. The zero-order chi connectivity index (χ0) is 11.6. The van der Waals surface area contributed by atoms with Crippen molar-refractivity contribution in [3.05, 3.63) is 47.3 Å². The molecular formula is C10H11F3N2. The maximum Gasteiger partial charge on any atom is 0.134 e. The van der Waals surface area contributed by atoms with Crippen LogP contribution >= 0.6 is 0 Å². The maximum absolute atomic E-state index is 13.3. The molecule has 0 saturated heterocycles. The van der Waals surface area contributed by atoms with Gasteiger partial charge in [0, 0.05) is 17.7 Å². The van der Waals surface area contributed by atoms with Crippen molar-refractivity contribution in [1.29, 1.82) is 0 Å². The molecular weight excluding hydrogens is 205 g/mol. The van der Waals surface area contributed by atoms with Gasteiger partial charge in [0.15, 0.2) is 0 Å². The van der Waals surface area contributed by atoms with E-state index in [9.17, 15) is 13.2 Å². The Morgan fingerprint density at radius 1 is 1.33 bits per heavy atom. The number of rotatable bonds is 3. The Bertz CT molecular complexity index is 367. The second-order valence-electron chi connectivity index (χ2n) is 3.23. The van der Waals surface area contributed by atoms with Crippen molar-refractivity contribution in [2.75, 3.05) is 0 Å². The Balaban J connectivity index is 3.29. The Labute approximate surface area is 85.6 Å². The molecule has 0 heterocycles. The van der Waals surface area contributed by atoms with Gasteiger partial charge in [-0.25, -0.2) is 18.6 Å². The molecule has 0 amide bonds. The number of nitrogens with one attached hydrogen (secondary N) is 1. The fourth-order valence-corrected chi connectivity index (χ4v) is 1.30. The zero-order valence-electron chi connectivity index (χ0n) is 8.15. The number of halogens is 3. The largest absolute Gasteiger partial charge is 0.271 e. The van der Waals surface area contributed by atoms with E-state index < -0.39 is 23.5 Å². The molecule has 3 N–H and O–H groups in total. The molecule has 0 aromatic heterocycles. The first kappa shape index (κ1) is 11.7. The van der Waals surface area contributed by atoms with Crippen molar-refractivity contribution in [3.63, 3.8) is 0 Å². The molecule has 0 aliphatic rings. The molecule has 0 saturated carbocycles. The highest BCUT2D eigenvalue weighted by Gasteiger charge is 2.20. The van der Waals surface area contributed by atoms with Crippen LogP contribution in [0.25, 0.3) is 0 Å². The normalized spacial score (nSPS) is 12.6. The van der Waals surface area contributed by atoms with Crippen molar-refractivity contribution in [2.45, 2.75) is 13.0 Å². The average Bonchev–Trinajstić information content (AvgIpc) is 2.09. The number of hydrogen-bond donors (Lipinski definition) is 2. The topological polar surface area (TPSA) is 38.0 Å². The minimum absolute atomic E-state index is 0.327. The van der Waals surface area contributed by atoms with Crippen molar-refractivity contribution in [2.24, 2.45) is 5.84 Å². The van der Waals surface area contributed by atoms with Gasteiger partial charge in [0.25, 0.3) is 0 Å². The summed E-state index contributed by atoms with van der Waals surface area (Å²) in [4.78, 5) is 0. The van der Waals surface area contributed by atoms with Gasteiger partial charge in [0.1, 0.15) is 17.5 Å². The lowest BCUT2D eigenvalue weighted by Gasteiger charge is -2.17. The lowest BCUT2D eigenvalue weighted by molar-refractivity contribution is 0.489. The monoisotopic (exact) mass is 216 g/mol. The smallest absolute Gasteiger partial charge is 0.134 e. The summed E-state index contributed by atoms with van der Waals surface area (Å²) in [5, 5.41) is 0. The summed E-state index contributed by atoms with van der Waals surface area (Å²) >= 11 is 0. The fourth-order valence-electron chi connectivity index (χ4n) is 1.30. The third-order valence-electron chi connectivity index (χ3n) is 1.99. The lowest BCUT2D eigenvalue weighted by atomic mass is 10.0. The molecule has 1 aromatic carbocycles. The van der Waals surface area contributed by atoms with E-state index in [2.05, 4.69) is 12.0 Å². The summed E-state index contributed by atoms with van der Waals surface area (Å²) in [6.45, 7) is 5.10. The van der Waals surface area contributed by atoms with Crippen LogP contribution in [0.5, 0.6) is 0 Å². The molecule has 1 aromatic rings. The van der Waals surface area contributed by atoms with Gasteiger partial charge in [0.2, 0.25) is 0 Å². The number of nitrogens with two attached hydrogens (primary N) is 1. The number of benzene rings is 1. The quantitative estimate of drug-likeness (QED) is 0.461. The van der Waals surface area contributed by atoms with Gasteiger partial charge in [-0.3, -0.25) is 5.84 Å². The van der Waals surface area contributed by atoms with E-state index in [4.69, 9.17) is 5.84 Å². The van der Waals surface area contributed by atoms with E-state index in [1.54, 1.807) is 6.92 Å². The average molecular weight is 216 g/mol. The summed E-state index contributed by atoms with van der Waals surface area (Å²) in [6, 6.07) is 0.336. The van der Waals surface area contributed by atoms with E-state index in [1.165, 1.54) is 0 Å². The predicted molar refractivity (Wildman–Crippen MR) is 51.2 cm³/mol. The molecule has 0 fully saturated rings. The maximum atomic E-state index is 13.3. The van der Waals surface area contributed by atoms with Gasteiger partial charge in [-0.15, -0.1) is 0 Å². The molecule has 0 bridgehead atoms. The van der Waals surface area contributed by atoms with E-state index in [1.807, 2.05) is 0 Å². The van der Waals surface area contributed by atoms with Crippen LogP contribution in [0.2, 0.25) is 0 Å². The molecule has 0 aliphatic carbocycles. The number of hydrogen-bond acceptors (Lipinski definition) is 2. The van der Waals surface area contributed by atoms with Gasteiger partial charge >= 0.3 is 0 Å². The Morgan fingerprint density at radius 2 is 1.80 bits per heavy atom. The first-order valence-corrected chi connectivity index (χ1v) is 4.23. The molecule has 0 spiro atoms. The standard InChI is InChI=1S/C10H11F3N2/c1-5(2)10(15-14)9-7(12)3-6(11)4-8(9)13/h3-4,10,15H,1,14H2,2H3. The van der Waals surface area contributed by atoms with Gasteiger partial charge in [-0.2, -0.15) is 0 Å². The van der Waals surface area contributed by atoms with Gasteiger partial charge < -0.3 is 0 Å². The van der Waals surface area contributed by atoms with Crippen molar-refractivity contribution in [3.8, 4) is 0 Å². The van der Waals surface area contributed by atoms with Crippen LogP contribution in [0.3, 0.4) is 0 Å². The van der Waals surface area contributed by atoms with E-state index >= 15 is 0 Å². The summed E-state index contributed by atoms with van der Waals surface area (Å²) in [5.41, 5.74) is 2.32.